The molecule has 0 fully saturated rings. The number of benzene rings is 2. The van der Waals surface area contributed by atoms with Gasteiger partial charge in [-0.3, -0.25) is 14.7 Å². The maximum atomic E-state index is 11.3. The molecule has 0 saturated carbocycles. The Morgan fingerprint density at radius 2 is 2.00 bits per heavy atom. The van der Waals surface area contributed by atoms with E-state index in [2.05, 4.69) is 16.8 Å². The molecule has 0 saturated heterocycles. The van der Waals surface area contributed by atoms with Gasteiger partial charge in [0.2, 0.25) is 6.54 Å². The summed E-state index contributed by atoms with van der Waals surface area (Å²) >= 11 is 7.60. The second kappa shape index (κ2) is 9.77. The number of aryl methyl sites for hydroxylation is 2. The largest absolute Gasteiger partial charge is 0.488 e. The van der Waals surface area contributed by atoms with Crippen molar-refractivity contribution in [3.05, 3.63) is 87.2 Å². The minimum absolute atomic E-state index is 0.284. The molecular formula is C21H21ClN4O3S. The standard InChI is InChI=1S/C21H21ClN4O3S/c1-4-11-29-19-10-7-16(12-18(19)22)20(13-25(27)28)30-21-24-23-15(3)26(21)17-8-5-14(2)6-9-17/h4-10,12,20H,1,11,13H2,2-3H3/t20-/m0/s1. The van der Waals surface area contributed by atoms with Crippen LogP contribution < -0.4 is 4.74 Å². The Kier molecular flexibility index (Phi) is 7.12. The Hall–Kier alpha value is -2.84. The van der Waals surface area contributed by atoms with Crippen molar-refractivity contribution < 1.29 is 9.66 Å². The summed E-state index contributed by atoms with van der Waals surface area (Å²) < 4.78 is 7.38. The van der Waals surface area contributed by atoms with E-state index in [1.807, 2.05) is 42.7 Å². The van der Waals surface area contributed by atoms with Crippen molar-refractivity contribution in [2.75, 3.05) is 13.2 Å². The number of nitrogens with zero attached hydrogens (tertiary/aromatic N) is 4. The van der Waals surface area contributed by atoms with E-state index >= 15 is 0 Å². The van der Waals surface area contributed by atoms with E-state index in [4.69, 9.17) is 16.3 Å². The molecule has 7 nitrogen and oxygen atoms in total. The SMILES string of the molecule is C=CCOc1ccc([C@H](C[N+](=O)[O-])Sc2nnc(C)n2-c2ccc(C)cc2)cc1Cl. The normalized spacial score (nSPS) is 11.8. The van der Waals surface area contributed by atoms with E-state index in [0.717, 1.165) is 11.3 Å². The van der Waals surface area contributed by atoms with Crippen molar-refractivity contribution in [3.63, 3.8) is 0 Å². The van der Waals surface area contributed by atoms with Gasteiger partial charge < -0.3 is 4.74 Å². The summed E-state index contributed by atoms with van der Waals surface area (Å²) in [6.45, 7) is 7.51. The van der Waals surface area contributed by atoms with Gasteiger partial charge in [-0.15, -0.1) is 10.2 Å². The number of rotatable bonds is 9. The molecule has 9 heteroatoms. The molecule has 3 rings (SSSR count). The predicted molar refractivity (Wildman–Crippen MR) is 118 cm³/mol. The summed E-state index contributed by atoms with van der Waals surface area (Å²) in [7, 11) is 0. The zero-order valence-electron chi connectivity index (χ0n) is 16.6. The first-order chi connectivity index (χ1) is 14.4. The fourth-order valence-electron chi connectivity index (χ4n) is 2.87. The highest BCUT2D eigenvalue weighted by Gasteiger charge is 2.24. The van der Waals surface area contributed by atoms with E-state index in [1.165, 1.54) is 11.8 Å². The first kappa shape index (κ1) is 21.9. The highest BCUT2D eigenvalue weighted by molar-refractivity contribution is 7.99. The lowest BCUT2D eigenvalue weighted by molar-refractivity contribution is -0.479. The van der Waals surface area contributed by atoms with E-state index in [1.54, 1.807) is 24.3 Å². The molecule has 0 bridgehead atoms. The molecule has 0 spiro atoms. The third kappa shape index (κ3) is 5.20. The van der Waals surface area contributed by atoms with Crippen molar-refractivity contribution >= 4 is 23.4 Å². The molecule has 0 aliphatic heterocycles. The molecule has 1 atom stereocenters. The van der Waals surface area contributed by atoms with Crippen molar-refractivity contribution in [2.45, 2.75) is 24.3 Å². The molecule has 156 valence electrons. The van der Waals surface area contributed by atoms with Gasteiger partial charge in [-0.1, -0.05) is 59.8 Å². The van der Waals surface area contributed by atoms with Gasteiger partial charge in [0.1, 0.15) is 23.4 Å². The fraction of sp³-hybridized carbons (Fsp3) is 0.238. The third-order valence-electron chi connectivity index (χ3n) is 4.33. The summed E-state index contributed by atoms with van der Waals surface area (Å²) in [4.78, 5) is 11.0. The fourth-order valence-corrected chi connectivity index (χ4v) is 4.27. The predicted octanol–water partition coefficient (Wildman–Crippen LogP) is 5.21. The second-order valence-corrected chi connectivity index (χ2v) is 8.19. The summed E-state index contributed by atoms with van der Waals surface area (Å²) in [6.07, 6.45) is 1.62. The van der Waals surface area contributed by atoms with E-state index in [9.17, 15) is 10.1 Å². The Morgan fingerprint density at radius 1 is 1.27 bits per heavy atom. The molecule has 30 heavy (non-hydrogen) atoms. The minimum atomic E-state index is -0.501. The quantitative estimate of drug-likeness (QED) is 0.195. The van der Waals surface area contributed by atoms with Crippen LogP contribution in [0.5, 0.6) is 5.75 Å². The van der Waals surface area contributed by atoms with Gasteiger partial charge in [-0.25, -0.2) is 0 Å². The summed E-state index contributed by atoms with van der Waals surface area (Å²) in [5.41, 5.74) is 2.75. The highest BCUT2D eigenvalue weighted by atomic mass is 35.5. The zero-order valence-corrected chi connectivity index (χ0v) is 18.2. The topological polar surface area (TPSA) is 83.1 Å². The van der Waals surface area contributed by atoms with Crippen LogP contribution in [0.15, 0.2) is 60.3 Å². The van der Waals surface area contributed by atoms with Crippen molar-refractivity contribution in [2.24, 2.45) is 0 Å². The van der Waals surface area contributed by atoms with Crippen LogP contribution in [0.3, 0.4) is 0 Å². The Labute approximate surface area is 183 Å². The number of aromatic nitrogens is 3. The van der Waals surface area contributed by atoms with Crippen LogP contribution in [0.25, 0.3) is 5.69 Å². The number of thioether (sulfide) groups is 1. The monoisotopic (exact) mass is 444 g/mol. The van der Waals surface area contributed by atoms with Crippen LogP contribution in [0.4, 0.5) is 0 Å². The van der Waals surface area contributed by atoms with E-state index in [0.29, 0.717) is 33.9 Å². The van der Waals surface area contributed by atoms with Crippen molar-refractivity contribution in [1.82, 2.24) is 14.8 Å². The average molecular weight is 445 g/mol. The molecule has 0 amide bonds. The van der Waals surface area contributed by atoms with Gasteiger partial charge in [0.25, 0.3) is 0 Å². The van der Waals surface area contributed by atoms with Crippen LogP contribution in [0.1, 0.15) is 22.2 Å². The third-order valence-corrected chi connectivity index (χ3v) is 5.81. The number of halogens is 1. The molecule has 0 aliphatic carbocycles. The Morgan fingerprint density at radius 3 is 2.63 bits per heavy atom. The van der Waals surface area contributed by atoms with Crippen LogP contribution in [-0.2, 0) is 0 Å². The maximum absolute atomic E-state index is 11.3. The van der Waals surface area contributed by atoms with Crippen LogP contribution in [0, 0.1) is 24.0 Å². The minimum Gasteiger partial charge on any atom is -0.488 e. The van der Waals surface area contributed by atoms with Crippen molar-refractivity contribution in [1.29, 1.82) is 0 Å². The molecule has 3 aromatic rings. The number of ether oxygens (including phenoxy) is 1. The molecule has 0 N–H and O–H groups in total. The molecule has 0 unspecified atom stereocenters. The lowest BCUT2D eigenvalue weighted by atomic mass is 10.1. The first-order valence-corrected chi connectivity index (χ1v) is 10.5. The molecule has 2 aromatic carbocycles. The van der Waals surface area contributed by atoms with Gasteiger partial charge in [-0.05, 0) is 43.7 Å². The molecule has 0 radical (unpaired) electrons. The van der Waals surface area contributed by atoms with Crippen LogP contribution in [-0.4, -0.2) is 32.8 Å². The lowest BCUT2D eigenvalue weighted by Gasteiger charge is -2.15. The number of nitro groups is 1. The van der Waals surface area contributed by atoms with Gasteiger partial charge >= 0.3 is 0 Å². The summed E-state index contributed by atoms with van der Waals surface area (Å²) in [5, 5.41) is 20.2. The zero-order chi connectivity index (χ0) is 21.7. The van der Waals surface area contributed by atoms with Gasteiger partial charge in [0.15, 0.2) is 5.16 Å². The molecule has 1 heterocycles. The first-order valence-electron chi connectivity index (χ1n) is 9.19. The molecule has 0 aliphatic rings. The molecular weight excluding hydrogens is 424 g/mol. The number of hydrogen-bond donors (Lipinski definition) is 0. The lowest BCUT2D eigenvalue weighted by Crippen LogP contribution is -2.11. The Balaban J connectivity index is 1.93. The van der Waals surface area contributed by atoms with Gasteiger partial charge in [0.05, 0.1) is 5.02 Å². The van der Waals surface area contributed by atoms with E-state index < -0.39 is 5.25 Å². The van der Waals surface area contributed by atoms with Crippen molar-refractivity contribution in [3.8, 4) is 11.4 Å². The Bertz CT molecular complexity index is 1050. The number of hydrogen-bond acceptors (Lipinski definition) is 6. The maximum Gasteiger partial charge on any atom is 0.220 e. The highest BCUT2D eigenvalue weighted by Crippen LogP contribution is 2.38. The smallest absolute Gasteiger partial charge is 0.220 e. The van der Waals surface area contributed by atoms with Crippen LogP contribution >= 0.6 is 23.4 Å². The summed E-state index contributed by atoms with van der Waals surface area (Å²) in [5.74, 6) is 1.20. The molecule has 1 aromatic heterocycles. The average Bonchev–Trinajstić information content (AvgIpc) is 3.07. The van der Waals surface area contributed by atoms with Crippen LogP contribution in [0.2, 0.25) is 5.02 Å². The van der Waals surface area contributed by atoms with Gasteiger partial charge in [0, 0.05) is 10.6 Å². The second-order valence-electron chi connectivity index (χ2n) is 6.61. The van der Waals surface area contributed by atoms with Gasteiger partial charge in [-0.2, -0.15) is 0 Å². The summed E-state index contributed by atoms with van der Waals surface area (Å²) in [6, 6.07) is 13.1. The van der Waals surface area contributed by atoms with E-state index in [-0.39, 0.29) is 11.5 Å².